The molecule has 1 aliphatic heterocycles. The van der Waals surface area contributed by atoms with Gasteiger partial charge in [-0.25, -0.2) is 4.98 Å². The Kier molecular flexibility index (Phi) is 5.13. The van der Waals surface area contributed by atoms with Gasteiger partial charge in [-0.05, 0) is 31.4 Å². The van der Waals surface area contributed by atoms with Crippen LogP contribution in [0.15, 0.2) is 18.3 Å². The molecule has 2 N–H and O–H groups in total. The molecule has 1 fully saturated rings. The van der Waals surface area contributed by atoms with Gasteiger partial charge in [-0.2, -0.15) is 0 Å². The molecule has 0 aliphatic carbocycles. The molecule has 1 unspecified atom stereocenters. The molecule has 2 rings (SSSR count). The Morgan fingerprint density at radius 2 is 2.16 bits per heavy atom. The van der Waals surface area contributed by atoms with Gasteiger partial charge in [0.2, 0.25) is 0 Å². The number of rotatable bonds is 5. The fourth-order valence-corrected chi connectivity index (χ4v) is 2.30. The van der Waals surface area contributed by atoms with E-state index in [2.05, 4.69) is 9.88 Å². The predicted octanol–water partition coefficient (Wildman–Crippen LogP) is 1.11. The average molecular weight is 266 g/mol. The van der Waals surface area contributed by atoms with E-state index in [-0.39, 0.29) is 12.7 Å². The molecule has 1 aliphatic rings. The van der Waals surface area contributed by atoms with Crippen LogP contribution in [-0.2, 0) is 4.74 Å². The number of hydrogen-bond donors (Lipinski definition) is 2. The van der Waals surface area contributed by atoms with Crippen molar-refractivity contribution in [3.63, 3.8) is 0 Å². The standard InChI is InChI=1S/C14H22N2O3/c1-11(18)12-2-3-14(15-10-12)16-6-4-13(5-7-16)19-9-8-17/h2-3,10-11,13,17-18H,4-9H2,1H3. The van der Waals surface area contributed by atoms with E-state index >= 15 is 0 Å². The molecule has 5 nitrogen and oxygen atoms in total. The van der Waals surface area contributed by atoms with Crippen molar-refractivity contribution >= 4 is 5.82 Å². The van der Waals surface area contributed by atoms with Crippen molar-refractivity contribution in [2.75, 3.05) is 31.2 Å². The SMILES string of the molecule is CC(O)c1ccc(N2CCC(OCCO)CC2)nc1. The van der Waals surface area contributed by atoms with E-state index in [9.17, 15) is 5.11 Å². The number of piperidine rings is 1. The first-order chi connectivity index (χ1) is 9.20. The minimum absolute atomic E-state index is 0.0859. The summed E-state index contributed by atoms with van der Waals surface area (Å²) in [6.07, 6.45) is 3.42. The Labute approximate surface area is 113 Å². The third-order valence-corrected chi connectivity index (χ3v) is 3.46. The number of aliphatic hydroxyl groups is 2. The summed E-state index contributed by atoms with van der Waals surface area (Å²) in [5, 5.41) is 18.2. The van der Waals surface area contributed by atoms with Crippen LogP contribution in [0.5, 0.6) is 0 Å². The molecule has 0 spiro atoms. The van der Waals surface area contributed by atoms with E-state index in [0.717, 1.165) is 37.3 Å². The van der Waals surface area contributed by atoms with Gasteiger partial charge in [0, 0.05) is 19.3 Å². The van der Waals surface area contributed by atoms with Crippen molar-refractivity contribution in [3.05, 3.63) is 23.9 Å². The summed E-state index contributed by atoms with van der Waals surface area (Å²) in [4.78, 5) is 6.62. The van der Waals surface area contributed by atoms with Crippen LogP contribution in [0.3, 0.4) is 0 Å². The highest BCUT2D eigenvalue weighted by molar-refractivity contribution is 5.40. The number of pyridine rings is 1. The third-order valence-electron chi connectivity index (χ3n) is 3.46. The van der Waals surface area contributed by atoms with E-state index in [1.807, 2.05) is 12.1 Å². The molecular formula is C14H22N2O3. The van der Waals surface area contributed by atoms with Crippen molar-refractivity contribution in [2.45, 2.75) is 32.0 Å². The van der Waals surface area contributed by atoms with Gasteiger partial charge < -0.3 is 19.8 Å². The lowest BCUT2D eigenvalue weighted by molar-refractivity contribution is 0.0158. The molecule has 1 saturated heterocycles. The van der Waals surface area contributed by atoms with Crippen LogP contribution in [0, 0.1) is 0 Å². The maximum atomic E-state index is 9.45. The highest BCUT2D eigenvalue weighted by atomic mass is 16.5. The molecule has 0 bridgehead atoms. The highest BCUT2D eigenvalue weighted by Crippen LogP contribution is 2.21. The van der Waals surface area contributed by atoms with E-state index in [1.54, 1.807) is 13.1 Å². The number of anilines is 1. The first-order valence-electron chi connectivity index (χ1n) is 6.82. The molecular weight excluding hydrogens is 244 g/mol. The Bertz CT molecular complexity index is 373. The molecule has 2 heterocycles. The summed E-state index contributed by atoms with van der Waals surface area (Å²) in [6, 6.07) is 3.87. The summed E-state index contributed by atoms with van der Waals surface area (Å²) in [5.41, 5.74) is 0.838. The molecule has 19 heavy (non-hydrogen) atoms. The smallest absolute Gasteiger partial charge is 0.128 e. The lowest BCUT2D eigenvalue weighted by Crippen LogP contribution is -2.37. The molecule has 1 atom stereocenters. The van der Waals surface area contributed by atoms with E-state index < -0.39 is 6.10 Å². The zero-order valence-corrected chi connectivity index (χ0v) is 11.3. The topological polar surface area (TPSA) is 65.8 Å². The monoisotopic (exact) mass is 266 g/mol. The van der Waals surface area contributed by atoms with Crippen LogP contribution in [0.4, 0.5) is 5.82 Å². The van der Waals surface area contributed by atoms with Gasteiger partial charge in [0.1, 0.15) is 5.82 Å². The van der Waals surface area contributed by atoms with Crippen LogP contribution in [-0.4, -0.2) is 47.6 Å². The third kappa shape index (κ3) is 3.89. The van der Waals surface area contributed by atoms with Crippen LogP contribution in [0.2, 0.25) is 0 Å². The van der Waals surface area contributed by atoms with Crippen LogP contribution in [0.1, 0.15) is 31.4 Å². The first kappa shape index (κ1) is 14.2. The molecule has 106 valence electrons. The normalized spacial score (nSPS) is 18.6. The van der Waals surface area contributed by atoms with Crippen molar-refractivity contribution in [1.82, 2.24) is 4.98 Å². The van der Waals surface area contributed by atoms with E-state index in [4.69, 9.17) is 9.84 Å². The fourth-order valence-electron chi connectivity index (χ4n) is 2.30. The molecule has 1 aromatic heterocycles. The van der Waals surface area contributed by atoms with Crippen LogP contribution in [0.25, 0.3) is 0 Å². The number of hydrogen-bond acceptors (Lipinski definition) is 5. The average Bonchev–Trinajstić information content (AvgIpc) is 2.46. The van der Waals surface area contributed by atoms with Crippen molar-refractivity contribution in [2.24, 2.45) is 0 Å². The second-order valence-electron chi connectivity index (χ2n) is 4.91. The second kappa shape index (κ2) is 6.84. The van der Waals surface area contributed by atoms with Crippen LogP contribution >= 0.6 is 0 Å². The number of aromatic nitrogens is 1. The Morgan fingerprint density at radius 1 is 1.42 bits per heavy atom. The summed E-state index contributed by atoms with van der Waals surface area (Å²) in [7, 11) is 0. The number of aliphatic hydroxyl groups excluding tert-OH is 2. The Hall–Kier alpha value is -1.17. The quantitative estimate of drug-likeness (QED) is 0.836. The first-order valence-corrected chi connectivity index (χ1v) is 6.82. The van der Waals surface area contributed by atoms with Crippen molar-refractivity contribution < 1.29 is 14.9 Å². The molecule has 5 heteroatoms. The van der Waals surface area contributed by atoms with E-state index in [1.165, 1.54) is 0 Å². The number of ether oxygens (including phenoxy) is 1. The van der Waals surface area contributed by atoms with Crippen LogP contribution < -0.4 is 4.90 Å². The van der Waals surface area contributed by atoms with Crippen molar-refractivity contribution in [3.8, 4) is 0 Å². The lowest BCUT2D eigenvalue weighted by atomic mass is 10.1. The molecule has 0 saturated carbocycles. The lowest BCUT2D eigenvalue weighted by Gasteiger charge is -2.32. The van der Waals surface area contributed by atoms with Gasteiger partial charge >= 0.3 is 0 Å². The minimum Gasteiger partial charge on any atom is -0.394 e. The summed E-state index contributed by atoms with van der Waals surface area (Å²) in [6.45, 7) is 4.07. The predicted molar refractivity (Wildman–Crippen MR) is 73.1 cm³/mol. The highest BCUT2D eigenvalue weighted by Gasteiger charge is 2.20. The zero-order chi connectivity index (χ0) is 13.7. The summed E-state index contributed by atoms with van der Waals surface area (Å²) in [5.74, 6) is 0.949. The molecule has 0 amide bonds. The molecule has 1 aromatic rings. The Morgan fingerprint density at radius 3 is 2.68 bits per heavy atom. The van der Waals surface area contributed by atoms with Crippen molar-refractivity contribution in [1.29, 1.82) is 0 Å². The second-order valence-corrected chi connectivity index (χ2v) is 4.91. The van der Waals surface area contributed by atoms with Gasteiger partial charge in [0.25, 0.3) is 0 Å². The van der Waals surface area contributed by atoms with Gasteiger partial charge in [-0.1, -0.05) is 6.07 Å². The van der Waals surface area contributed by atoms with Gasteiger partial charge in [-0.15, -0.1) is 0 Å². The van der Waals surface area contributed by atoms with Gasteiger partial charge in [0.05, 0.1) is 25.4 Å². The maximum Gasteiger partial charge on any atom is 0.128 e. The van der Waals surface area contributed by atoms with E-state index in [0.29, 0.717) is 6.61 Å². The zero-order valence-electron chi connectivity index (χ0n) is 11.3. The largest absolute Gasteiger partial charge is 0.394 e. The molecule has 0 aromatic carbocycles. The Balaban J connectivity index is 1.87. The fraction of sp³-hybridized carbons (Fsp3) is 0.643. The van der Waals surface area contributed by atoms with Gasteiger partial charge in [-0.3, -0.25) is 0 Å². The summed E-state index contributed by atoms with van der Waals surface area (Å²) >= 11 is 0. The molecule has 0 radical (unpaired) electrons. The maximum absolute atomic E-state index is 9.45. The van der Waals surface area contributed by atoms with Gasteiger partial charge in [0.15, 0.2) is 0 Å². The number of nitrogens with zero attached hydrogens (tertiary/aromatic N) is 2. The summed E-state index contributed by atoms with van der Waals surface area (Å²) < 4.78 is 5.54. The minimum atomic E-state index is -0.473.